The number of benzene rings is 2. The number of rotatable bonds is 5. The minimum absolute atomic E-state index is 0.351. The minimum Gasteiger partial charge on any atom is -0.410 e. The summed E-state index contributed by atoms with van der Waals surface area (Å²) in [7, 11) is 0. The molecule has 0 N–H and O–H groups in total. The topological polar surface area (TPSA) is 29.5 Å². The van der Waals surface area contributed by atoms with E-state index in [0.29, 0.717) is 30.6 Å². The lowest BCUT2D eigenvalue weighted by atomic mass is 10.1. The highest BCUT2D eigenvalue weighted by Crippen LogP contribution is 2.21. The van der Waals surface area contributed by atoms with Gasteiger partial charge in [-0.15, -0.1) is 23.2 Å². The van der Waals surface area contributed by atoms with Gasteiger partial charge in [-0.2, -0.15) is 0 Å². The van der Waals surface area contributed by atoms with Crippen molar-refractivity contribution in [1.82, 2.24) is 4.90 Å². The average Bonchev–Trinajstić information content (AvgIpc) is 2.47. The van der Waals surface area contributed by atoms with Crippen LogP contribution in [-0.4, -0.2) is 35.8 Å². The fourth-order valence-corrected chi connectivity index (χ4v) is 2.30. The third kappa shape index (κ3) is 3.78. The lowest BCUT2D eigenvalue weighted by molar-refractivity contribution is 0.158. The van der Waals surface area contributed by atoms with Crippen LogP contribution in [0.25, 0.3) is 10.8 Å². The molecule has 0 unspecified atom stereocenters. The first kappa shape index (κ1) is 14.9. The summed E-state index contributed by atoms with van der Waals surface area (Å²) in [6.07, 6.45) is -0.429. The van der Waals surface area contributed by atoms with Crippen LogP contribution in [0.5, 0.6) is 5.75 Å². The van der Waals surface area contributed by atoms with Crippen LogP contribution >= 0.6 is 23.2 Å². The fraction of sp³-hybridized carbons (Fsp3) is 0.267. The molecule has 0 aliphatic heterocycles. The molecule has 5 heteroatoms. The highest BCUT2D eigenvalue weighted by Gasteiger charge is 2.14. The van der Waals surface area contributed by atoms with Gasteiger partial charge in [0.1, 0.15) is 5.75 Å². The monoisotopic (exact) mass is 311 g/mol. The second kappa shape index (κ2) is 7.36. The Morgan fingerprint density at radius 3 is 2.30 bits per heavy atom. The molecule has 20 heavy (non-hydrogen) atoms. The smallest absolute Gasteiger partial charge is 0.410 e. The van der Waals surface area contributed by atoms with Crippen LogP contribution < -0.4 is 4.74 Å². The van der Waals surface area contributed by atoms with Crippen LogP contribution in [0.1, 0.15) is 0 Å². The van der Waals surface area contributed by atoms with Gasteiger partial charge >= 0.3 is 6.09 Å². The summed E-state index contributed by atoms with van der Waals surface area (Å²) in [6, 6.07) is 13.4. The maximum absolute atomic E-state index is 12.0. The summed E-state index contributed by atoms with van der Waals surface area (Å²) in [5.74, 6) is 1.22. The number of carbonyl (C=O) groups excluding carboxylic acids is 1. The molecule has 0 heterocycles. The van der Waals surface area contributed by atoms with Crippen molar-refractivity contribution in [3.63, 3.8) is 0 Å². The van der Waals surface area contributed by atoms with Gasteiger partial charge in [0.15, 0.2) is 0 Å². The maximum Gasteiger partial charge on any atom is 0.415 e. The van der Waals surface area contributed by atoms with Crippen LogP contribution in [0.15, 0.2) is 42.5 Å². The number of alkyl halides is 2. The molecule has 0 spiro atoms. The Morgan fingerprint density at radius 1 is 1.00 bits per heavy atom. The normalized spacial score (nSPS) is 10.5. The van der Waals surface area contributed by atoms with Crippen molar-refractivity contribution < 1.29 is 9.53 Å². The van der Waals surface area contributed by atoms with Gasteiger partial charge in [-0.25, -0.2) is 4.79 Å². The van der Waals surface area contributed by atoms with E-state index >= 15 is 0 Å². The van der Waals surface area contributed by atoms with Gasteiger partial charge in [0.25, 0.3) is 0 Å². The molecule has 2 rings (SSSR count). The molecule has 0 atom stereocenters. The molecule has 0 aliphatic rings. The highest BCUT2D eigenvalue weighted by atomic mass is 35.5. The van der Waals surface area contributed by atoms with Crippen molar-refractivity contribution in [3.05, 3.63) is 42.5 Å². The molecule has 0 saturated carbocycles. The van der Waals surface area contributed by atoms with E-state index in [4.69, 9.17) is 27.9 Å². The van der Waals surface area contributed by atoms with E-state index in [1.807, 2.05) is 36.4 Å². The summed E-state index contributed by atoms with van der Waals surface area (Å²) in [5.41, 5.74) is 0. The van der Waals surface area contributed by atoms with Crippen molar-refractivity contribution in [1.29, 1.82) is 0 Å². The predicted octanol–water partition coefficient (Wildman–Crippen LogP) is 4.12. The van der Waals surface area contributed by atoms with Gasteiger partial charge in [-0.3, -0.25) is 0 Å². The third-order valence-electron chi connectivity index (χ3n) is 2.89. The first-order valence-corrected chi connectivity index (χ1v) is 7.39. The third-order valence-corrected chi connectivity index (χ3v) is 3.23. The summed E-state index contributed by atoms with van der Waals surface area (Å²) in [5, 5.41) is 2.13. The van der Waals surface area contributed by atoms with Gasteiger partial charge in [-0.05, 0) is 22.9 Å². The zero-order chi connectivity index (χ0) is 14.4. The molecule has 2 aromatic carbocycles. The SMILES string of the molecule is O=C(Oc1ccc2ccccc2c1)N(CCCl)CCCl. The van der Waals surface area contributed by atoms with E-state index < -0.39 is 6.09 Å². The number of hydrogen-bond donors (Lipinski definition) is 0. The van der Waals surface area contributed by atoms with E-state index in [9.17, 15) is 4.79 Å². The summed E-state index contributed by atoms with van der Waals surface area (Å²) >= 11 is 11.3. The fourth-order valence-electron chi connectivity index (χ4n) is 1.89. The lowest BCUT2D eigenvalue weighted by Gasteiger charge is -2.19. The number of hydrogen-bond acceptors (Lipinski definition) is 2. The molecule has 0 aromatic heterocycles. The Bertz CT molecular complexity index is 583. The number of ether oxygens (including phenoxy) is 1. The molecule has 0 bridgehead atoms. The Hall–Kier alpha value is -1.45. The molecule has 3 nitrogen and oxygen atoms in total. The van der Waals surface area contributed by atoms with E-state index in [1.165, 1.54) is 4.90 Å². The van der Waals surface area contributed by atoms with E-state index in [0.717, 1.165) is 10.8 Å². The summed E-state index contributed by atoms with van der Waals surface area (Å²) < 4.78 is 5.36. The predicted molar refractivity (Wildman–Crippen MR) is 83.0 cm³/mol. The number of halogens is 2. The van der Waals surface area contributed by atoms with Gasteiger partial charge in [0.05, 0.1) is 0 Å². The first-order chi connectivity index (χ1) is 9.74. The molecule has 1 amide bonds. The molecule has 2 aromatic rings. The minimum atomic E-state index is -0.429. The first-order valence-electron chi connectivity index (χ1n) is 6.32. The van der Waals surface area contributed by atoms with E-state index in [-0.39, 0.29) is 0 Å². The van der Waals surface area contributed by atoms with E-state index in [1.54, 1.807) is 6.07 Å². The summed E-state index contributed by atoms with van der Waals surface area (Å²) in [4.78, 5) is 13.5. The molecular formula is C15H15Cl2NO2. The van der Waals surface area contributed by atoms with Crippen molar-refractivity contribution in [3.8, 4) is 5.75 Å². The Kier molecular flexibility index (Phi) is 5.50. The molecular weight excluding hydrogens is 297 g/mol. The second-order valence-corrected chi connectivity index (χ2v) is 5.00. The molecule has 0 radical (unpaired) electrons. The Labute approximate surface area is 128 Å². The van der Waals surface area contributed by atoms with Gasteiger partial charge in [0, 0.05) is 24.8 Å². The zero-order valence-corrected chi connectivity index (χ0v) is 12.4. The van der Waals surface area contributed by atoms with Crippen LogP contribution in [0.2, 0.25) is 0 Å². The van der Waals surface area contributed by atoms with Crippen molar-refractivity contribution in [2.24, 2.45) is 0 Å². The van der Waals surface area contributed by atoms with E-state index in [2.05, 4.69) is 0 Å². The van der Waals surface area contributed by atoms with Crippen LogP contribution in [0, 0.1) is 0 Å². The number of amides is 1. The number of fused-ring (bicyclic) bond motifs is 1. The Balaban J connectivity index is 2.11. The molecule has 0 fully saturated rings. The molecule has 106 valence electrons. The van der Waals surface area contributed by atoms with Gasteiger partial charge < -0.3 is 9.64 Å². The maximum atomic E-state index is 12.0. The Morgan fingerprint density at radius 2 is 1.65 bits per heavy atom. The van der Waals surface area contributed by atoms with Gasteiger partial charge in [-0.1, -0.05) is 30.3 Å². The van der Waals surface area contributed by atoms with Crippen molar-refractivity contribution in [2.75, 3.05) is 24.8 Å². The van der Waals surface area contributed by atoms with Gasteiger partial charge in [0.2, 0.25) is 0 Å². The quantitative estimate of drug-likeness (QED) is 0.777. The molecule has 0 aliphatic carbocycles. The second-order valence-electron chi connectivity index (χ2n) is 4.24. The standard InChI is InChI=1S/C15H15Cl2NO2/c16-7-9-18(10-8-17)15(19)20-14-6-5-12-3-1-2-4-13(12)11-14/h1-6,11H,7-10H2. The lowest BCUT2D eigenvalue weighted by Crippen LogP contribution is -2.36. The summed E-state index contributed by atoms with van der Waals surface area (Å²) in [6.45, 7) is 0.835. The highest BCUT2D eigenvalue weighted by molar-refractivity contribution is 6.18. The van der Waals surface area contributed by atoms with Crippen LogP contribution in [-0.2, 0) is 0 Å². The number of nitrogens with zero attached hydrogens (tertiary/aromatic N) is 1. The average molecular weight is 312 g/mol. The van der Waals surface area contributed by atoms with Crippen molar-refractivity contribution in [2.45, 2.75) is 0 Å². The zero-order valence-electron chi connectivity index (χ0n) is 10.9. The van der Waals surface area contributed by atoms with Crippen LogP contribution in [0.3, 0.4) is 0 Å². The largest absolute Gasteiger partial charge is 0.415 e. The number of carbonyl (C=O) groups is 1. The van der Waals surface area contributed by atoms with Crippen molar-refractivity contribution >= 4 is 40.1 Å². The van der Waals surface area contributed by atoms with Crippen LogP contribution in [0.4, 0.5) is 4.79 Å². The molecule has 0 saturated heterocycles.